The van der Waals surface area contributed by atoms with Gasteiger partial charge in [0.15, 0.2) is 0 Å². The number of hydrogen-bond donors (Lipinski definition) is 1. The molecule has 7 heteroatoms. The van der Waals surface area contributed by atoms with Crippen molar-refractivity contribution in [1.29, 1.82) is 0 Å². The summed E-state index contributed by atoms with van der Waals surface area (Å²) >= 11 is 0. The van der Waals surface area contributed by atoms with Gasteiger partial charge in [-0.25, -0.2) is 4.79 Å². The standard InChI is InChI=1S/C16H27N5O2/c1-4-7-21-12-14(11-17-21)18-16(23)20-8-5-13(6-9-20)10-15(22)19(2)3/h11-13H,4-10H2,1-3H3,(H,18,23). The molecule has 0 aromatic carbocycles. The largest absolute Gasteiger partial charge is 0.349 e. The first-order chi connectivity index (χ1) is 11.0. The molecule has 1 N–H and O–H groups in total. The second-order valence-corrected chi connectivity index (χ2v) is 6.34. The van der Waals surface area contributed by atoms with Gasteiger partial charge in [-0.2, -0.15) is 5.10 Å². The van der Waals surface area contributed by atoms with Gasteiger partial charge in [0.25, 0.3) is 0 Å². The molecule has 0 bridgehead atoms. The predicted octanol–water partition coefficient (Wildman–Crippen LogP) is 2.02. The molecule has 128 valence electrons. The third-order valence-electron chi connectivity index (χ3n) is 4.20. The van der Waals surface area contributed by atoms with E-state index in [0.29, 0.717) is 25.4 Å². The lowest BCUT2D eigenvalue weighted by atomic mass is 9.93. The van der Waals surface area contributed by atoms with Gasteiger partial charge in [0.1, 0.15) is 0 Å². The number of carbonyl (C=O) groups is 2. The lowest BCUT2D eigenvalue weighted by Gasteiger charge is -2.32. The molecule has 0 spiro atoms. The highest BCUT2D eigenvalue weighted by molar-refractivity contribution is 5.89. The fourth-order valence-corrected chi connectivity index (χ4v) is 2.75. The van der Waals surface area contributed by atoms with E-state index in [2.05, 4.69) is 17.3 Å². The van der Waals surface area contributed by atoms with E-state index >= 15 is 0 Å². The molecule has 1 fully saturated rings. The second-order valence-electron chi connectivity index (χ2n) is 6.34. The minimum Gasteiger partial charge on any atom is -0.349 e. The monoisotopic (exact) mass is 321 g/mol. The van der Waals surface area contributed by atoms with E-state index in [-0.39, 0.29) is 11.9 Å². The van der Waals surface area contributed by atoms with Gasteiger partial charge in [0.05, 0.1) is 11.9 Å². The molecule has 2 heterocycles. The zero-order valence-electron chi connectivity index (χ0n) is 14.3. The number of urea groups is 1. The van der Waals surface area contributed by atoms with Crippen LogP contribution in [0.15, 0.2) is 12.4 Å². The zero-order chi connectivity index (χ0) is 16.8. The van der Waals surface area contributed by atoms with Gasteiger partial charge in [0.2, 0.25) is 5.91 Å². The van der Waals surface area contributed by atoms with Crippen LogP contribution in [0.2, 0.25) is 0 Å². The molecule has 7 nitrogen and oxygen atoms in total. The van der Waals surface area contributed by atoms with E-state index in [1.54, 1.807) is 25.2 Å². The van der Waals surface area contributed by atoms with Gasteiger partial charge in [0, 0.05) is 46.3 Å². The Hall–Kier alpha value is -2.05. The molecule has 1 saturated heterocycles. The second kappa shape index (κ2) is 7.99. The van der Waals surface area contributed by atoms with Crippen LogP contribution in [0.3, 0.4) is 0 Å². The van der Waals surface area contributed by atoms with Crippen molar-refractivity contribution in [3.63, 3.8) is 0 Å². The van der Waals surface area contributed by atoms with E-state index < -0.39 is 0 Å². The molecule has 23 heavy (non-hydrogen) atoms. The fraction of sp³-hybridized carbons (Fsp3) is 0.688. The Balaban J connectivity index is 1.77. The first-order valence-electron chi connectivity index (χ1n) is 8.28. The van der Waals surface area contributed by atoms with Crippen LogP contribution in [0.1, 0.15) is 32.6 Å². The van der Waals surface area contributed by atoms with Crippen LogP contribution >= 0.6 is 0 Å². The Kier molecular flexibility index (Phi) is 6.01. The molecule has 0 unspecified atom stereocenters. The summed E-state index contributed by atoms with van der Waals surface area (Å²) < 4.78 is 1.83. The maximum Gasteiger partial charge on any atom is 0.321 e. The third kappa shape index (κ3) is 4.97. The van der Waals surface area contributed by atoms with E-state index in [9.17, 15) is 9.59 Å². The van der Waals surface area contributed by atoms with Gasteiger partial charge >= 0.3 is 6.03 Å². The lowest BCUT2D eigenvalue weighted by molar-refractivity contribution is -0.129. The van der Waals surface area contributed by atoms with Crippen molar-refractivity contribution in [2.75, 3.05) is 32.5 Å². The molecular weight excluding hydrogens is 294 g/mol. The number of anilines is 1. The Morgan fingerprint density at radius 3 is 2.65 bits per heavy atom. The third-order valence-corrected chi connectivity index (χ3v) is 4.20. The molecule has 2 rings (SSSR count). The van der Waals surface area contributed by atoms with Crippen molar-refractivity contribution in [2.24, 2.45) is 5.92 Å². The van der Waals surface area contributed by atoms with Gasteiger partial charge in [-0.1, -0.05) is 6.92 Å². The predicted molar refractivity (Wildman–Crippen MR) is 89.1 cm³/mol. The number of aryl methyl sites for hydroxylation is 1. The van der Waals surface area contributed by atoms with Crippen molar-refractivity contribution in [3.8, 4) is 0 Å². The normalized spacial score (nSPS) is 15.5. The number of aromatic nitrogens is 2. The van der Waals surface area contributed by atoms with E-state index in [1.807, 2.05) is 15.8 Å². The topological polar surface area (TPSA) is 70.5 Å². The molecule has 1 aliphatic rings. The van der Waals surface area contributed by atoms with Crippen LogP contribution in [-0.4, -0.2) is 58.7 Å². The molecule has 0 radical (unpaired) electrons. The number of piperidine rings is 1. The van der Waals surface area contributed by atoms with E-state index in [0.717, 1.165) is 31.5 Å². The molecule has 0 atom stereocenters. The molecular formula is C16H27N5O2. The molecule has 1 aromatic heterocycles. The van der Waals surface area contributed by atoms with Gasteiger partial charge in [-0.15, -0.1) is 0 Å². The number of hydrogen-bond acceptors (Lipinski definition) is 3. The van der Waals surface area contributed by atoms with Gasteiger partial charge in [-0.3, -0.25) is 9.48 Å². The average Bonchev–Trinajstić information content (AvgIpc) is 2.95. The SMILES string of the molecule is CCCn1cc(NC(=O)N2CCC(CC(=O)N(C)C)CC2)cn1. The van der Waals surface area contributed by atoms with E-state index in [4.69, 9.17) is 0 Å². The summed E-state index contributed by atoms with van der Waals surface area (Å²) in [6.07, 6.45) is 6.87. The van der Waals surface area contributed by atoms with Crippen LogP contribution in [-0.2, 0) is 11.3 Å². The van der Waals surface area contributed by atoms with Crippen LogP contribution in [0.5, 0.6) is 0 Å². The summed E-state index contributed by atoms with van der Waals surface area (Å²) in [5.41, 5.74) is 0.730. The molecule has 1 aliphatic heterocycles. The highest BCUT2D eigenvalue weighted by atomic mass is 16.2. The minimum absolute atomic E-state index is 0.0848. The maximum absolute atomic E-state index is 12.3. The number of nitrogens with zero attached hydrogens (tertiary/aromatic N) is 4. The zero-order valence-corrected chi connectivity index (χ0v) is 14.3. The maximum atomic E-state index is 12.3. The molecule has 0 aliphatic carbocycles. The number of carbonyl (C=O) groups excluding carboxylic acids is 2. The molecule has 3 amide bonds. The van der Waals surface area contributed by atoms with Crippen molar-refractivity contribution in [3.05, 3.63) is 12.4 Å². The summed E-state index contributed by atoms with van der Waals surface area (Å²) in [4.78, 5) is 27.5. The van der Waals surface area contributed by atoms with Crippen LogP contribution < -0.4 is 5.32 Å². The smallest absolute Gasteiger partial charge is 0.321 e. The Labute approximate surface area is 137 Å². The molecule has 0 saturated carbocycles. The lowest BCUT2D eigenvalue weighted by Crippen LogP contribution is -2.41. The number of likely N-dealkylation sites (tertiary alicyclic amines) is 1. The first-order valence-corrected chi connectivity index (χ1v) is 8.28. The molecule has 1 aromatic rings. The van der Waals surface area contributed by atoms with Crippen LogP contribution in [0, 0.1) is 5.92 Å². The van der Waals surface area contributed by atoms with E-state index in [1.165, 1.54) is 0 Å². The number of nitrogens with one attached hydrogen (secondary N) is 1. The van der Waals surface area contributed by atoms with Crippen molar-refractivity contribution < 1.29 is 9.59 Å². The quantitative estimate of drug-likeness (QED) is 0.902. The fourth-order valence-electron chi connectivity index (χ4n) is 2.75. The minimum atomic E-state index is -0.0848. The number of amides is 3. The highest BCUT2D eigenvalue weighted by Gasteiger charge is 2.25. The summed E-state index contributed by atoms with van der Waals surface area (Å²) in [5, 5.41) is 7.10. The highest BCUT2D eigenvalue weighted by Crippen LogP contribution is 2.21. The Bertz CT molecular complexity index is 532. The Morgan fingerprint density at radius 1 is 1.35 bits per heavy atom. The summed E-state index contributed by atoms with van der Waals surface area (Å²) in [6.45, 7) is 4.33. The van der Waals surface area contributed by atoms with Gasteiger partial charge in [-0.05, 0) is 25.2 Å². The average molecular weight is 321 g/mol. The number of rotatable bonds is 5. The van der Waals surface area contributed by atoms with Crippen molar-refractivity contribution >= 4 is 17.6 Å². The van der Waals surface area contributed by atoms with Crippen molar-refractivity contribution in [1.82, 2.24) is 19.6 Å². The van der Waals surface area contributed by atoms with Gasteiger partial charge < -0.3 is 15.1 Å². The van der Waals surface area contributed by atoms with Crippen LogP contribution in [0.4, 0.5) is 10.5 Å². The Morgan fingerprint density at radius 2 is 2.04 bits per heavy atom. The first kappa shape index (κ1) is 17.3. The summed E-state index contributed by atoms with van der Waals surface area (Å²) in [7, 11) is 3.56. The van der Waals surface area contributed by atoms with Crippen LogP contribution in [0.25, 0.3) is 0 Å². The van der Waals surface area contributed by atoms with Crippen molar-refractivity contribution in [2.45, 2.75) is 39.2 Å². The summed E-state index contributed by atoms with van der Waals surface area (Å²) in [6, 6.07) is -0.0848. The summed E-state index contributed by atoms with van der Waals surface area (Å²) in [5.74, 6) is 0.539.